The zero-order valence-electron chi connectivity index (χ0n) is 23.3. The lowest BCUT2D eigenvalue weighted by atomic mass is 10.1. The molecular formula is C30H31N5O5S2. The van der Waals surface area contributed by atoms with Gasteiger partial charge in [0.1, 0.15) is 0 Å². The fourth-order valence-corrected chi connectivity index (χ4v) is 6.78. The van der Waals surface area contributed by atoms with E-state index in [0.717, 1.165) is 5.56 Å². The van der Waals surface area contributed by atoms with Crippen LogP contribution in [0.3, 0.4) is 0 Å². The van der Waals surface area contributed by atoms with Crippen molar-refractivity contribution in [3.8, 4) is 11.4 Å². The molecule has 12 heteroatoms. The van der Waals surface area contributed by atoms with Gasteiger partial charge >= 0.3 is 0 Å². The Labute approximate surface area is 249 Å². The molecule has 0 radical (unpaired) electrons. The van der Waals surface area contributed by atoms with Crippen LogP contribution >= 0.6 is 11.8 Å². The number of benzene rings is 3. The zero-order chi connectivity index (χ0) is 29.7. The molecule has 1 aliphatic heterocycles. The summed E-state index contributed by atoms with van der Waals surface area (Å²) in [5.41, 5.74) is 2.75. The number of carbonyl (C=O) groups is 2. The Hall–Kier alpha value is -3.84. The Bertz CT molecular complexity index is 1670. The molecule has 0 saturated carbocycles. The molecule has 1 saturated heterocycles. The van der Waals surface area contributed by atoms with Crippen LogP contribution in [0.25, 0.3) is 11.4 Å². The van der Waals surface area contributed by atoms with E-state index in [2.05, 4.69) is 15.5 Å². The maximum atomic E-state index is 13.3. The van der Waals surface area contributed by atoms with Crippen molar-refractivity contribution in [2.75, 3.05) is 31.6 Å². The number of anilines is 1. The van der Waals surface area contributed by atoms with E-state index in [4.69, 9.17) is 4.74 Å². The minimum Gasteiger partial charge on any atom is -0.379 e. The third-order valence-corrected chi connectivity index (χ3v) is 9.79. The second kappa shape index (κ2) is 13.0. The quantitative estimate of drug-likeness (QED) is 0.209. The van der Waals surface area contributed by atoms with Crippen LogP contribution in [0.4, 0.5) is 5.69 Å². The van der Waals surface area contributed by atoms with Gasteiger partial charge in [-0.1, -0.05) is 54.2 Å². The summed E-state index contributed by atoms with van der Waals surface area (Å²) in [4.78, 5) is 24.8. The van der Waals surface area contributed by atoms with E-state index in [0.29, 0.717) is 60.6 Å². The number of ether oxygens (including phenoxy) is 1. The third kappa shape index (κ3) is 6.79. The molecule has 5 rings (SSSR count). The van der Waals surface area contributed by atoms with Crippen molar-refractivity contribution in [1.82, 2.24) is 19.1 Å². The average molecular weight is 606 g/mol. The molecule has 42 heavy (non-hydrogen) atoms. The van der Waals surface area contributed by atoms with E-state index in [1.54, 1.807) is 55.5 Å². The Morgan fingerprint density at radius 2 is 1.69 bits per heavy atom. The highest BCUT2D eigenvalue weighted by Gasteiger charge is 2.27. The van der Waals surface area contributed by atoms with Gasteiger partial charge in [0, 0.05) is 29.9 Å². The lowest BCUT2D eigenvalue weighted by Gasteiger charge is -2.26. The van der Waals surface area contributed by atoms with E-state index in [9.17, 15) is 18.0 Å². The number of morpholine rings is 1. The summed E-state index contributed by atoms with van der Waals surface area (Å²) in [5, 5.41) is 11.7. The first-order chi connectivity index (χ1) is 20.2. The van der Waals surface area contributed by atoms with Gasteiger partial charge < -0.3 is 10.1 Å². The Balaban J connectivity index is 1.42. The molecule has 10 nitrogen and oxygen atoms in total. The number of Topliss-reactive ketones (excluding diaryl/α,β-unsaturated/α-hetero) is 1. The van der Waals surface area contributed by atoms with Crippen LogP contribution in [-0.2, 0) is 26.1 Å². The number of ketones is 1. The van der Waals surface area contributed by atoms with Gasteiger partial charge in [0.05, 0.1) is 29.9 Å². The molecule has 1 atom stereocenters. The van der Waals surface area contributed by atoms with Crippen molar-refractivity contribution >= 4 is 39.2 Å². The van der Waals surface area contributed by atoms with Gasteiger partial charge in [-0.15, -0.1) is 10.2 Å². The molecule has 4 aromatic rings. The van der Waals surface area contributed by atoms with Crippen LogP contribution < -0.4 is 5.32 Å². The highest BCUT2D eigenvalue weighted by molar-refractivity contribution is 8.00. The minimum absolute atomic E-state index is 0.0467. The lowest BCUT2D eigenvalue weighted by molar-refractivity contribution is -0.115. The fraction of sp³-hybridized carbons (Fsp3) is 0.267. The summed E-state index contributed by atoms with van der Waals surface area (Å²) < 4.78 is 35.3. The van der Waals surface area contributed by atoms with E-state index < -0.39 is 15.3 Å². The van der Waals surface area contributed by atoms with Crippen LogP contribution in [0, 0.1) is 0 Å². The summed E-state index contributed by atoms with van der Waals surface area (Å²) in [7, 11) is -3.71. The Morgan fingerprint density at radius 1 is 0.976 bits per heavy atom. The molecule has 1 N–H and O–H groups in total. The summed E-state index contributed by atoms with van der Waals surface area (Å²) >= 11 is 1.26. The van der Waals surface area contributed by atoms with E-state index in [1.807, 2.05) is 34.9 Å². The molecule has 1 aliphatic rings. The number of sulfonamides is 1. The molecular weight excluding hydrogens is 574 g/mol. The first kappa shape index (κ1) is 29.6. The predicted molar refractivity (Wildman–Crippen MR) is 161 cm³/mol. The largest absolute Gasteiger partial charge is 0.379 e. The van der Waals surface area contributed by atoms with Gasteiger partial charge in [-0.3, -0.25) is 14.2 Å². The molecule has 0 aliphatic carbocycles. The molecule has 218 valence electrons. The number of rotatable bonds is 10. The first-order valence-electron chi connectivity index (χ1n) is 13.5. The monoisotopic (exact) mass is 605 g/mol. The van der Waals surface area contributed by atoms with Crippen LogP contribution in [-0.4, -0.2) is 70.7 Å². The molecule has 0 bridgehead atoms. The number of amides is 1. The molecule has 0 spiro atoms. The van der Waals surface area contributed by atoms with Gasteiger partial charge in [-0.2, -0.15) is 4.31 Å². The lowest BCUT2D eigenvalue weighted by Crippen LogP contribution is -2.40. The standard InChI is InChI=1S/C30H31N5O5S2/c1-21(36)24-11-13-26(14-12-24)31-29(37)22(2)41-30-33-32-28(35(30)20-23-7-4-3-5-8-23)25-9-6-10-27(19-25)42(38,39)34-15-17-40-18-16-34/h3-14,19,22H,15-18,20H2,1-2H3,(H,31,37). The highest BCUT2D eigenvalue weighted by atomic mass is 32.2. The second-order valence-electron chi connectivity index (χ2n) is 9.81. The van der Waals surface area contributed by atoms with Gasteiger partial charge in [0.2, 0.25) is 15.9 Å². The highest BCUT2D eigenvalue weighted by Crippen LogP contribution is 2.30. The fourth-order valence-electron chi connectivity index (χ4n) is 4.47. The number of hydrogen-bond acceptors (Lipinski definition) is 8. The van der Waals surface area contributed by atoms with Crippen LogP contribution in [0.5, 0.6) is 0 Å². The maximum Gasteiger partial charge on any atom is 0.243 e. The first-order valence-corrected chi connectivity index (χ1v) is 15.8. The normalized spacial score (nSPS) is 14.8. The number of thioether (sulfide) groups is 1. The third-order valence-electron chi connectivity index (χ3n) is 6.81. The number of hydrogen-bond donors (Lipinski definition) is 1. The second-order valence-corrected chi connectivity index (χ2v) is 13.1. The van der Waals surface area contributed by atoms with Gasteiger partial charge in [0.15, 0.2) is 16.8 Å². The molecule has 1 unspecified atom stereocenters. The summed E-state index contributed by atoms with van der Waals surface area (Å²) in [6.45, 7) is 5.02. The van der Waals surface area contributed by atoms with Crippen molar-refractivity contribution < 1.29 is 22.7 Å². The number of nitrogens with one attached hydrogen (secondary N) is 1. The summed E-state index contributed by atoms with van der Waals surface area (Å²) in [6, 6.07) is 23.2. The van der Waals surface area contributed by atoms with E-state index in [1.165, 1.54) is 23.0 Å². The van der Waals surface area contributed by atoms with E-state index in [-0.39, 0.29) is 16.6 Å². The SMILES string of the molecule is CC(=O)c1ccc(NC(=O)C(C)Sc2nnc(-c3cccc(S(=O)(=O)N4CCOCC4)c3)n2Cc2ccccc2)cc1. The minimum atomic E-state index is -3.71. The summed E-state index contributed by atoms with van der Waals surface area (Å²) in [5.74, 6) is 0.215. The maximum absolute atomic E-state index is 13.3. The van der Waals surface area contributed by atoms with Crippen molar-refractivity contribution in [3.63, 3.8) is 0 Å². The number of carbonyl (C=O) groups excluding carboxylic acids is 2. The van der Waals surface area contributed by atoms with Crippen molar-refractivity contribution in [3.05, 3.63) is 90.0 Å². The summed E-state index contributed by atoms with van der Waals surface area (Å²) in [6.07, 6.45) is 0. The van der Waals surface area contributed by atoms with Gasteiger partial charge in [-0.25, -0.2) is 8.42 Å². The van der Waals surface area contributed by atoms with Gasteiger partial charge in [-0.05, 0) is 55.8 Å². The molecule has 1 aromatic heterocycles. The van der Waals surface area contributed by atoms with Gasteiger partial charge in [0.25, 0.3) is 0 Å². The van der Waals surface area contributed by atoms with Crippen molar-refractivity contribution in [1.29, 1.82) is 0 Å². The van der Waals surface area contributed by atoms with Crippen molar-refractivity contribution in [2.24, 2.45) is 0 Å². The van der Waals surface area contributed by atoms with Crippen molar-refractivity contribution in [2.45, 2.75) is 35.7 Å². The number of aromatic nitrogens is 3. The topological polar surface area (TPSA) is 123 Å². The zero-order valence-corrected chi connectivity index (χ0v) is 24.9. The van der Waals surface area contributed by atoms with Crippen LogP contribution in [0.2, 0.25) is 0 Å². The Morgan fingerprint density at radius 3 is 2.38 bits per heavy atom. The molecule has 1 fully saturated rings. The molecule has 2 heterocycles. The van der Waals surface area contributed by atoms with Crippen LogP contribution in [0.1, 0.15) is 29.8 Å². The predicted octanol–water partition coefficient (Wildman–Crippen LogP) is 4.34. The Kier molecular flexibility index (Phi) is 9.17. The van der Waals surface area contributed by atoms with Crippen LogP contribution in [0.15, 0.2) is 88.9 Å². The smallest absolute Gasteiger partial charge is 0.243 e. The average Bonchev–Trinajstić information content (AvgIpc) is 3.39. The molecule has 3 aromatic carbocycles. The van der Waals surface area contributed by atoms with E-state index >= 15 is 0 Å². The number of nitrogens with zero attached hydrogens (tertiary/aromatic N) is 4. The molecule has 1 amide bonds.